The second kappa shape index (κ2) is 5.36. The lowest BCUT2D eigenvalue weighted by Gasteiger charge is -2.42. The first kappa shape index (κ1) is 14.2. The van der Waals surface area contributed by atoms with Gasteiger partial charge >= 0.3 is 0 Å². The van der Waals surface area contributed by atoms with Crippen LogP contribution in [0.4, 0.5) is 4.39 Å². The van der Waals surface area contributed by atoms with Gasteiger partial charge in [-0.25, -0.2) is 4.39 Å². The average molecular weight is 301 g/mol. The van der Waals surface area contributed by atoms with E-state index < -0.39 is 0 Å². The third kappa shape index (κ3) is 2.34. The first-order valence-corrected chi connectivity index (χ1v) is 8.33. The van der Waals surface area contributed by atoms with Gasteiger partial charge in [-0.05, 0) is 50.1 Å². The Balaban J connectivity index is 1.61. The van der Waals surface area contributed by atoms with Crippen LogP contribution in [0.15, 0.2) is 24.4 Å². The lowest BCUT2D eigenvalue weighted by molar-refractivity contribution is 0.0543. The number of hydrogen-bond donors (Lipinski definition) is 0. The number of nitrogens with zero attached hydrogens (tertiary/aromatic N) is 3. The molecule has 0 aliphatic carbocycles. The smallest absolute Gasteiger partial charge is 0.123 e. The molecule has 3 nitrogen and oxygen atoms in total. The minimum atomic E-state index is -0.145. The Bertz CT molecular complexity index is 693. The Kier molecular flexibility index (Phi) is 3.46. The van der Waals surface area contributed by atoms with E-state index in [1.807, 2.05) is 13.1 Å². The Labute approximate surface area is 131 Å². The Hall–Kier alpha value is -1.39. The van der Waals surface area contributed by atoms with Crippen molar-refractivity contribution in [2.24, 2.45) is 7.05 Å². The number of benzene rings is 1. The van der Waals surface area contributed by atoms with Gasteiger partial charge in [0.05, 0.1) is 0 Å². The molecule has 2 aromatic rings. The molecule has 118 valence electrons. The van der Waals surface area contributed by atoms with Crippen molar-refractivity contribution in [1.29, 1.82) is 0 Å². The van der Waals surface area contributed by atoms with Gasteiger partial charge in [0.15, 0.2) is 0 Å². The molecule has 2 aliphatic heterocycles. The molecule has 0 bridgehead atoms. The number of piperazine rings is 1. The summed E-state index contributed by atoms with van der Waals surface area (Å²) < 4.78 is 15.7. The van der Waals surface area contributed by atoms with Crippen LogP contribution in [0.1, 0.15) is 25.3 Å². The maximum Gasteiger partial charge on any atom is 0.123 e. The van der Waals surface area contributed by atoms with E-state index in [-0.39, 0.29) is 5.82 Å². The summed E-state index contributed by atoms with van der Waals surface area (Å²) in [6, 6.07) is 6.40. The van der Waals surface area contributed by atoms with Crippen molar-refractivity contribution in [3.8, 4) is 0 Å². The first-order chi connectivity index (χ1) is 10.6. The van der Waals surface area contributed by atoms with Gasteiger partial charge < -0.3 is 4.57 Å². The number of aromatic nitrogens is 1. The molecule has 0 amide bonds. The van der Waals surface area contributed by atoms with Crippen LogP contribution in [0.5, 0.6) is 0 Å². The fraction of sp³-hybridized carbons (Fsp3) is 0.556. The van der Waals surface area contributed by atoms with Crippen molar-refractivity contribution >= 4 is 10.9 Å². The summed E-state index contributed by atoms with van der Waals surface area (Å²) in [7, 11) is 2.04. The van der Waals surface area contributed by atoms with Gasteiger partial charge in [-0.2, -0.15) is 0 Å². The van der Waals surface area contributed by atoms with E-state index in [4.69, 9.17) is 0 Å². The highest BCUT2D eigenvalue weighted by Crippen LogP contribution is 2.28. The summed E-state index contributed by atoms with van der Waals surface area (Å²) in [5.41, 5.74) is 2.36. The molecule has 2 fully saturated rings. The zero-order valence-corrected chi connectivity index (χ0v) is 13.4. The maximum atomic E-state index is 13.6. The van der Waals surface area contributed by atoms with E-state index in [1.54, 1.807) is 12.1 Å². The summed E-state index contributed by atoms with van der Waals surface area (Å²) >= 11 is 0. The Morgan fingerprint density at radius 1 is 1.27 bits per heavy atom. The van der Waals surface area contributed by atoms with Gasteiger partial charge in [0.2, 0.25) is 0 Å². The topological polar surface area (TPSA) is 11.4 Å². The van der Waals surface area contributed by atoms with Crippen molar-refractivity contribution in [2.45, 2.75) is 38.4 Å². The van der Waals surface area contributed by atoms with Crippen LogP contribution in [0.3, 0.4) is 0 Å². The van der Waals surface area contributed by atoms with Crippen molar-refractivity contribution < 1.29 is 4.39 Å². The van der Waals surface area contributed by atoms with Crippen molar-refractivity contribution in [3.05, 3.63) is 35.8 Å². The van der Waals surface area contributed by atoms with Crippen LogP contribution in [-0.4, -0.2) is 46.1 Å². The van der Waals surface area contributed by atoms with Crippen LogP contribution < -0.4 is 0 Å². The molecular formula is C18H24FN3. The number of aryl methyl sites for hydroxylation is 1. The monoisotopic (exact) mass is 301 g/mol. The van der Waals surface area contributed by atoms with Gasteiger partial charge in [0.1, 0.15) is 5.82 Å². The molecule has 1 aromatic heterocycles. The molecule has 2 atom stereocenters. The minimum absolute atomic E-state index is 0.145. The van der Waals surface area contributed by atoms with Crippen LogP contribution in [-0.2, 0) is 13.6 Å². The Morgan fingerprint density at radius 3 is 3.00 bits per heavy atom. The van der Waals surface area contributed by atoms with Crippen LogP contribution >= 0.6 is 0 Å². The Morgan fingerprint density at radius 2 is 2.14 bits per heavy atom. The second-order valence-electron chi connectivity index (χ2n) is 7.00. The van der Waals surface area contributed by atoms with Crippen LogP contribution in [0.2, 0.25) is 0 Å². The van der Waals surface area contributed by atoms with Gasteiger partial charge in [-0.1, -0.05) is 0 Å². The lowest BCUT2D eigenvalue weighted by Crippen LogP contribution is -2.54. The molecule has 0 N–H and O–H groups in total. The van der Waals surface area contributed by atoms with Crippen molar-refractivity contribution in [1.82, 2.24) is 14.4 Å². The molecule has 1 aromatic carbocycles. The fourth-order valence-corrected chi connectivity index (χ4v) is 4.26. The van der Waals surface area contributed by atoms with E-state index in [1.165, 1.54) is 31.5 Å². The summed E-state index contributed by atoms with van der Waals surface area (Å²) in [5.74, 6) is -0.145. The normalized spacial score (nSPS) is 26.7. The predicted molar refractivity (Wildman–Crippen MR) is 87.3 cm³/mol. The van der Waals surface area contributed by atoms with E-state index in [2.05, 4.69) is 27.5 Å². The molecule has 0 spiro atoms. The molecule has 3 heterocycles. The number of fused-ring (bicyclic) bond motifs is 2. The number of rotatable bonds is 2. The lowest BCUT2D eigenvalue weighted by atomic mass is 10.1. The van der Waals surface area contributed by atoms with Crippen molar-refractivity contribution in [2.75, 3.05) is 19.6 Å². The summed E-state index contributed by atoms with van der Waals surface area (Å²) in [5, 5.41) is 1.06. The van der Waals surface area contributed by atoms with E-state index >= 15 is 0 Å². The van der Waals surface area contributed by atoms with Crippen molar-refractivity contribution in [3.63, 3.8) is 0 Å². The standard InChI is InChI=1S/C18H24FN3/c1-13-9-21-7-3-4-16(21)12-22(13)11-14-10-20(2)18-6-5-15(19)8-17(14)18/h5-6,8,10,13,16H,3-4,7,9,11-12H2,1-2H3/t13-,16-/m1/s1. The van der Waals surface area contributed by atoms with E-state index in [0.29, 0.717) is 6.04 Å². The molecule has 0 radical (unpaired) electrons. The fourth-order valence-electron chi connectivity index (χ4n) is 4.26. The summed E-state index contributed by atoms with van der Waals surface area (Å²) in [4.78, 5) is 5.22. The molecule has 4 rings (SSSR count). The van der Waals surface area contributed by atoms with Gasteiger partial charge in [0.25, 0.3) is 0 Å². The third-order valence-corrected chi connectivity index (χ3v) is 5.47. The van der Waals surface area contributed by atoms with Gasteiger partial charge in [-0.3, -0.25) is 9.80 Å². The third-order valence-electron chi connectivity index (χ3n) is 5.47. The summed E-state index contributed by atoms with van der Waals surface area (Å²) in [6.07, 6.45) is 4.83. The first-order valence-electron chi connectivity index (χ1n) is 8.33. The number of hydrogen-bond acceptors (Lipinski definition) is 2. The van der Waals surface area contributed by atoms with Crippen LogP contribution in [0.25, 0.3) is 10.9 Å². The molecule has 0 unspecified atom stereocenters. The number of halogens is 1. The molecular weight excluding hydrogens is 277 g/mol. The van der Waals surface area contributed by atoms with Gasteiger partial charge in [-0.15, -0.1) is 0 Å². The molecule has 2 aliphatic rings. The molecule has 22 heavy (non-hydrogen) atoms. The molecule has 0 saturated carbocycles. The average Bonchev–Trinajstić information content (AvgIpc) is 3.04. The summed E-state index contributed by atoms with van der Waals surface area (Å²) in [6.45, 7) is 6.82. The quantitative estimate of drug-likeness (QED) is 0.845. The SMILES string of the molecule is C[C@@H]1CN2CCC[C@@H]2CN1Cc1cn(C)c2ccc(F)cc12. The highest BCUT2D eigenvalue weighted by atomic mass is 19.1. The van der Waals surface area contributed by atoms with E-state index in [0.717, 1.165) is 30.0 Å². The molecule has 2 saturated heterocycles. The van der Waals surface area contributed by atoms with Gasteiger partial charge in [0, 0.05) is 55.9 Å². The van der Waals surface area contributed by atoms with Crippen LogP contribution in [0, 0.1) is 5.82 Å². The maximum absolute atomic E-state index is 13.6. The second-order valence-corrected chi connectivity index (χ2v) is 7.00. The minimum Gasteiger partial charge on any atom is -0.350 e. The van der Waals surface area contributed by atoms with E-state index in [9.17, 15) is 4.39 Å². The largest absolute Gasteiger partial charge is 0.350 e. The zero-order valence-electron chi connectivity index (χ0n) is 13.4. The molecule has 4 heteroatoms. The highest BCUT2D eigenvalue weighted by molar-refractivity contribution is 5.84. The zero-order chi connectivity index (χ0) is 15.3. The predicted octanol–water partition coefficient (Wildman–Crippen LogP) is 2.99. The highest BCUT2D eigenvalue weighted by Gasteiger charge is 2.34.